The standard InChI is InChI=1S/C6H11NOS/c1-6-3-4-9(8)5-7(6)2/h1,3-5H2,2H3. The van der Waals surface area contributed by atoms with E-state index in [2.05, 4.69) is 6.58 Å². The number of hydrogen-bond acceptors (Lipinski definition) is 2. The maximum atomic E-state index is 10.8. The van der Waals surface area contributed by atoms with Crippen LogP contribution in [0.4, 0.5) is 0 Å². The van der Waals surface area contributed by atoms with Crippen LogP contribution in [-0.4, -0.2) is 27.8 Å². The summed E-state index contributed by atoms with van der Waals surface area (Å²) in [6.07, 6.45) is 0.892. The first-order valence-corrected chi connectivity index (χ1v) is 4.43. The van der Waals surface area contributed by atoms with Gasteiger partial charge in [-0.3, -0.25) is 4.21 Å². The second-order valence-corrected chi connectivity index (χ2v) is 3.83. The summed E-state index contributed by atoms with van der Waals surface area (Å²) in [5.74, 6) is 1.46. The summed E-state index contributed by atoms with van der Waals surface area (Å²) in [7, 11) is 1.30. The third kappa shape index (κ3) is 1.55. The number of allylic oxidation sites excluding steroid dienone is 1. The fourth-order valence-electron chi connectivity index (χ4n) is 0.794. The number of nitrogens with zero attached hydrogens (tertiary/aromatic N) is 1. The molecule has 0 aliphatic carbocycles. The number of hydrogen-bond donors (Lipinski definition) is 0. The van der Waals surface area contributed by atoms with E-state index in [1.54, 1.807) is 0 Å². The molecule has 1 saturated heterocycles. The molecule has 3 heteroatoms. The van der Waals surface area contributed by atoms with Crippen LogP contribution < -0.4 is 0 Å². The van der Waals surface area contributed by atoms with Crippen LogP contribution in [0, 0.1) is 0 Å². The highest BCUT2D eigenvalue weighted by molar-refractivity contribution is 7.84. The molecule has 0 amide bonds. The Morgan fingerprint density at radius 2 is 2.44 bits per heavy atom. The lowest BCUT2D eigenvalue weighted by molar-refractivity contribution is 0.458. The molecule has 1 fully saturated rings. The van der Waals surface area contributed by atoms with Crippen molar-refractivity contribution in [3.05, 3.63) is 12.3 Å². The van der Waals surface area contributed by atoms with E-state index in [0.29, 0.717) is 5.88 Å². The van der Waals surface area contributed by atoms with Crippen molar-refractivity contribution in [2.24, 2.45) is 0 Å². The summed E-state index contributed by atoms with van der Waals surface area (Å²) < 4.78 is 10.8. The van der Waals surface area contributed by atoms with Crippen LogP contribution in [0.15, 0.2) is 12.3 Å². The molecule has 0 radical (unpaired) electrons. The van der Waals surface area contributed by atoms with Gasteiger partial charge in [0.05, 0.1) is 5.88 Å². The topological polar surface area (TPSA) is 20.3 Å². The molecular formula is C6H11NOS. The molecule has 0 N–H and O–H groups in total. The molecule has 1 unspecified atom stereocenters. The van der Waals surface area contributed by atoms with Gasteiger partial charge in [-0.15, -0.1) is 0 Å². The zero-order chi connectivity index (χ0) is 6.85. The Morgan fingerprint density at radius 1 is 1.78 bits per heavy atom. The quantitative estimate of drug-likeness (QED) is 0.496. The third-order valence-corrected chi connectivity index (χ3v) is 2.83. The van der Waals surface area contributed by atoms with Crippen LogP contribution in [0.25, 0.3) is 0 Å². The Hall–Kier alpha value is -0.310. The van der Waals surface area contributed by atoms with Crippen LogP contribution in [0.2, 0.25) is 0 Å². The minimum Gasteiger partial charge on any atom is -0.366 e. The van der Waals surface area contributed by atoms with Crippen molar-refractivity contribution in [2.45, 2.75) is 6.42 Å². The van der Waals surface area contributed by atoms with E-state index in [4.69, 9.17) is 0 Å². The fraction of sp³-hybridized carbons (Fsp3) is 0.667. The van der Waals surface area contributed by atoms with E-state index in [0.717, 1.165) is 17.9 Å². The average molecular weight is 145 g/mol. The highest BCUT2D eigenvalue weighted by Crippen LogP contribution is 2.11. The zero-order valence-corrected chi connectivity index (χ0v) is 6.41. The molecule has 52 valence electrons. The lowest BCUT2D eigenvalue weighted by Crippen LogP contribution is -2.28. The lowest BCUT2D eigenvalue weighted by Gasteiger charge is -2.25. The van der Waals surface area contributed by atoms with E-state index in [1.165, 1.54) is 0 Å². The molecule has 1 rings (SSSR count). The summed E-state index contributed by atoms with van der Waals surface area (Å²) in [6.45, 7) is 3.82. The third-order valence-electron chi connectivity index (χ3n) is 1.50. The Kier molecular flexibility index (Phi) is 1.90. The Labute approximate surface area is 58.0 Å². The molecule has 1 atom stereocenters. The van der Waals surface area contributed by atoms with Crippen LogP contribution in [0.3, 0.4) is 0 Å². The summed E-state index contributed by atoms with van der Waals surface area (Å²) in [5.41, 5.74) is 1.11. The Balaban J connectivity index is 2.54. The number of rotatable bonds is 0. The van der Waals surface area contributed by atoms with Gasteiger partial charge in [-0.05, 0) is 6.42 Å². The van der Waals surface area contributed by atoms with Gasteiger partial charge in [0.1, 0.15) is 0 Å². The molecule has 1 aliphatic heterocycles. The van der Waals surface area contributed by atoms with Gasteiger partial charge in [-0.25, -0.2) is 0 Å². The molecule has 0 aromatic rings. The Morgan fingerprint density at radius 3 is 2.89 bits per heavy atom. The van der Waals surface area contributed by atoms with E-state index in [9.17, 15) is 4.21 Å². The predicted molar refractivity (Wildman–Crippen MR) is 39.4 cm³/mol. The van der Waals surface area contributed by atoms with Gasteiger partial charge in [-0.1, -0.05) is 6.58 Å². The molecule has 0 spiro atoms. The van der Waals surface area contributed by atoms with E-state index >= 15 is 0 Å². The van der Waals surface area contributed by atoms with Crippen LogP contribution >= 0.6 is 0 Å². The molecule has 0 aromatic carbocycles. The van der Waals surface area contributed by atoms with E-state index in [-0.39, 0.29) is 0 Å². The fourth-order valence-corrected chi connectivity index (χ4v) is 2.00. The zero-order valence-electron chi connectivity index (χ0n) is 5.59. The monoisotopic (exact) mass is 145 g/mol. The molecule has 1 aliphatic rings. The van der Waals surface area contributed by atoms with Crippen molar-refractivity contribution in [1.82, 2.24) is 4.90 Å². The molecule has 2 nitrogen and oxygen atoms in total. The van der Waals surface area contributed by atoms with Gasteiger partial charge in [0.25, 0.3) is 0 Å². The van der Waals surface area contributed by atoms with Gasteiger partial charge in [-0.2, -0.15) is 0 Å². The highest BCUT2D eigenvalue weighted by atomic mass is 32.2. The van der Waals surface area contributed by atoms with Crippen molar-refractivity contribution in [2.75, 3.05) is 18.7 Å². The van der Waals surface area contributed by atoms with Crippen LogP contribution in [0.5, 0.6) is 0 Å². The SMILES string of the molecule is C=C1CCS(=O)CN1C. The molecule has 1 heterocycles. The molecular weight excluding hydrogens is 134 g/mol. The predicted octanol–water partition coefficient (Wildman–Crippen LogP) is 0.542. The molecule has 0 saturated carbocycles. The maximum absolute atomic E-state index is 10.8. The summed E-state index contributed by atoms with van der Waals surface area (Å²) in [6, 6.07) is 0. The van der Waals surface area contributed by atoms with Crippen LogP contribution in [-0.2, 0) is 10.8 Å². The van der Waals surface area contributed by atoms with Gasteiger partial charge >= 0.3 is 0 Å². The van der Waals surface area contributed by atoms with Crippen molar-refractivity contribution in [1.29, 1.82) is 0 Å². The smallest absolute Gasteiger partial charge is 0.0931 e. The minimum atomic E-state index is -0.626. The van der Waals surface area contributed by atoms with Gasteiger partial charge in [0.15, 0.2) is 0 Å². The second-order valence-electron chi connectivity index (χ2n) is 2.29. The summed E-state index contributed by atoms with van der Waals surface area (Å²) in [5, 5.41) is 0. The molecule has 0 bridgehead atoms. The van der Waals surface area contributed by atoms with Crippen molar-refractivity contribution >= 4 is 10.8 Å². The normalized spacial score (nSPS) is 28.8. The van der Waals surface area contributed by atoms with E-state index < -0.39 is 10.8 Å². The second kappa shape index (κ2) is 2.52. The van der Waals surface area contributed by atoms with Crippen molar-refractivity contribution < 1.29 is 4.21 Å². The van der Waals surface area contributed by atoms with Gasteiger partial charge in [0.2, 0.25) is 0 Å². The average Bonchev–Trinajstić information content (AvgIpc) is 1.80. The van der Waals surface area contributed by atoms with Gasteiger partial charge < -0.3 is 4.90 Å². The van der Waals surface area contributed by atoms with Crippen molar-refractivity contribution in [3.8, 4) is 0 Å². The Bertz CT molecular complexity index is 155. The molecule has 0 aromatic heterocycles. The summed E-state index contributed by atoms with van der Waals surface area (Å²) in [4.78, 5) is 1.96. The first-order valence-electron chi connectivity index (χ1n) is 2.94. The molecule has 9 heavy (non-hydrogen) atoms. The summed E-state index contributed by atoms with van der Waals surface area (Å²) >= 11 is 0. The van der Waals surface area contributed by atoms with Gasteiger partial charge in [0, 0.05) is 29.3 Å². The minimum absolute atomic E-state index is 0.626. The highest BCUT2D eigenvalue weighted by Gasteiger charge is 2.13. The van der Waals surface area contributed by atoms with Crippen molar-refractivity contribution in [3.63, 3.8) is 0 Å². The first kappa shape index (κ1) is 6.81. The van der Waals surface area contributed by atoms with Crippen LogP contribution in [0.1, 0.15) is 6.42 Å². The van der Waals surface area contributed by atoms with E-state index in [1.807, 2.05) is 11.9 Å². The maximum Gasteiger partial charge on any atom is 0.0931 e. The first-order chi connectivity index (χ1) is 4.20. The lowest BCUT2D eigenvalue weighted by atomic mass is 10.3. The largest absolute Gasteiger partial charge is 0.366 e.